The van der Waals surface area contributed by atoms with Crippen LogP contribution >= 0.6 is 23.2 Å². The van der Waals surface area contributed by atoms with E-state index in [1.807, 2.05) is 12.1 Å². The molecule has 1 N–H and O–H groups in total. The molecule has 7 nitrogen and oxygen atoms in total. The number of nitrogens with zero attached hydrogens (tertiary/aromatic N) is 1. The van der Waals surface area contributed by atoms with Crippen molar-refractivity contribution in [2.75, 3.05) is 26.2 Å². The molecule has 0 radical (unpaired) electrons. The number of rotatable bonds is 7. The molecule has 1 heterocycles. The lowest BCUT2D eigenvalue weighted by molar-refractivity contribution is -0.132. The monoisotopic (exact) mass is 555 g/mol. The van der Waals surface area contributed by atoms with Crippen LogP contribution in [0.3, 0.4) is 0 Å². The highest BCUT2D eigenvalue weighted by atomic mass is 35.5. The van der Waals surface area contributed by atoms with Crippen LogP contribution in [0.1, 0.15) is 42.5 Å². The number of hydrogen-bond donors (Lipinski definition) is 1. The quantitative estimate of drug-likeness (QED) is 0.197. The predicted molar refractivity (Wildman–Crippen MR) is 148 cm³/mol. The summed E-state index contributed by atoms with van der Waals surface area (Å²) in [6.07, 6.45) is 0. The number of aliphatic hydroxyl groups excluding tert-OH is 1. The second kappa shape index (κ2) is 11.0. The molecule has 198 valence electrons. The van der Waals surface area contributed by atoms with E-state index in [0.717, 1.165) is 5.56 Å². The van der Waals surface area contributed by atoms with Crippen molar-refractivity contribution in [1.82, 2.24) is 0 Å². The maximum absolute atomic E-state index is 13.5. The Labute approximate surface area is 231 Å². The number of benzene rings is 3. The van der Waals surface area contributed by atoms with Crippen molar-refractivity contribution >= 4 is 46.3 Å². The van der Waals surface area contributed by atoms with Gasteiger partial charge in [0.05, 0.1) is 43.0 Å². The molecule has 0 aromatic heterocycles. The molecule has 4 rings (SSSR count). The van der Waals surface area contributed by atoms with Gasteiger partial charge in [-0.05, 0) is 53.4 Å². The topological polar surface area (TPSA) is 85.3 Å². The number of aliphatic hydroxyl groups is 1. The molecule has 0 spiro atoms. The number of methoxy groups -OCH3 is 3. The Morgan fingerprint density at radius 2 is 1.47 bits per heavy atom. The lowest BCUT2D eigenvalue weighted by Crippen LogP contribution is -2.29. The molecule has 1 aliphatic heterocycles. The number of amides is 1. The summed E-state index contributed by atoms with van der Waals surface area (Å²) in [5.41, 5.74) is 2.16. The van der Waals surface area contributed by atoms with Crippen molar-refractivity contribution < 1.29 is 28.9 Å². The summed E-state index contributed by atoms with van der Waals surface area (Å²) in [7, 11) is 4.42. The minimum absolute atomic E-state index is 0.118. The van der Waals surface area contributed by atoms with E-state index in [-0.39, 0.29) is 32.8 Å². The Hall–Kier alpha value is -3.68. The van der Waals surface area contributed by atoms with Gasteiger partial charge in [0.25, 0.3) is 11.7 Å². The largest absolute Gasteiger partial charge is 0.507 e. The molecule has 1 unspecified atom stereocenters. The van der Waals surface area contributed by atoms with Gasteiger partial charge in [-0.2, -0.15) is 0 Å². The third-order valence-electron chi connectivity index (χ3n) is 6.48. The van der Waals surface area contributed by atoms with Crippen LogP contribution in [-0.2, 0) is 9.59 Å². The third kappa shape index (κ3) is 4.79. The fourth-order valence-electron chi connectivity index (χ4n) is 4.50. The molecule has 1 atom stereocenters. The minimum atomic E-state index is -0.973. The van der Waals surface area contributed by atoms with E-state index in [1.54, 1.807) is 30.3 Å². The number of carbonyl (C=O) groups excluding carboxylic acids is 2. The van der Waals surface area contributed by atoms with Crippen LogP contribution in [0.2, 0.25) is 10.0 Å². The average molecular weight is 556 g/mol. The molecule has 1 amide bonds. The smallest absolute Gasteiger partial charge is 0.300 e. The fourth-order valence-corrected chi connectivity index (χ4v) is 5.15. The first-order valence-electron chi connectivity index (χ1n) is 11.8. The molecule has 1 aliphatic rings. The summed E-state index contributed by atoms with van der Waals surface area (Å²) in [4.78, 5) is 28.3. The van der Waals surface area contributed by atoms with Gasteiger partial charge in [0, 0.05) is 11.3 Å². The molecule has 0 saturated carbocycles. The first-order chi connectivity index (χ1) is 18.1. The van der Waals surface area contributed by atoms with Gasteiger partial charge >= 0.3 is 0 Å². The Morgan fingerprint density at radius 1 is 0.868 bits per heavy atom. The molecule has 3 aromatic carbocycles. The molecular weight excluding hydrogens is 529 g/mol. The van der Waals surface area contributed by atoms with E-state index < -0.39 is 23.5 Å². The molecular formula is C29H27Cl2NO6. The lowest BCUT2D eigenvalue weighted by Gasteiger charge is -2.26. The van der Waals surface area contributed by atoms with Crippen LogP contribution in [0.25, 0.3) is 5.76 Å². The van der Waals surface area contributed by atoms with Crippen LogP contribution in [0.4, 0.5) is 5.69 Å². The van der Waals surface area contributed by atoms with Gasteiger partial charge in [-0.25, -0.2) is 0 Å². The van der Waals surface area contributed by atoms with Gasteiger partial charge in [0.15, 0.2) is 17.2 Å². The van der Waals surface area contributed by atoms with Crippen molar-refractivity contribution in [2.45, 2.75) is 25.8 Å². The highest BCUT2D eigenvalue weighted by Crippen LogP contribution is 2.45. The summed E-state index contributed by atoms with van der Waals surface area (Å²) in [6.45, 7) is 4.13. The molecule has 1 fully saturated rings. The van der Waals surface area contributed by atoms with Gasteiger partial charge < -0.3 is 19.3 Å². The molecule has 9 heteroatoms. The summed E-state index contributed by atoms with van der Waals surface area (Å²) < 4.78 is 16.0. The molecule has 38 heavy (non-hydrogen) atoms. The predicted octanol–water partition coefficient (Wildman–Crippen LogP) is 6.77. The van der Waals surface area contributed by atoms with Crippen molar-refractivity contribution in [3.63, 3.8) is 0 Å². The lowest BCUT2D eigenvalue weighted by atomic mass is 9.94. The molecule has 3 aromatic rings. The van der Waals surface area contributed by atoms with E-state index in [4.69, 9.17) is 37.4 Å². The number of halogens is 2. The van der Waals surface area contributed by atoms with Gasteiger partial charge in [-0.1, -0.05) is 55.2 Å². The van der Waals surface area contributed by atoms with Crippen molar-refractivity contribution in [1.29, 1.82) is 0 Å². The normalized spacial score (nSPS) is 16.7. The first kappa shape index (κ1) is 27.4. The van der Waals surface area contributed by atoms with Crippen molar-refractivity contribution in [3.05, 3.63) is 86.9 Å². The SMILES string of the molecule is COc1ccc(C2/C(=C(\O)c3cc(Cl)c(OC)c(Cl)c3)C(=O)C(=O)N2c2ccc(C(C)C)cc2)cc1OC. The Kier molecular flexibility index (Phi) is 7.90. The molecule has 0 bridgehead atoms. The van der Waals surface area contributed by atoms with E-state index >= 15 is 0 Å². The summed E-state index contributed by atoms with van der Waals surface area (Å²) in [5.74, 6) is -0.661. The third-order valence-corrected chi connectivity index (χ3v) is 7.04. The van der Waals surface area contributed by atoms with Crippen LogP contribution in [0.15, 0.2) is 60.2 Å². The molecule has 0 aliphatic carbocycles. The highest BCUT2D eigenvalue weighted by molar-refractivity contribution is 6.51. The summed E-state index contributed by atoms with van der Waals surface area (Å²) in [6, 6.07) is 14.3. The van der Waals surface area contributed by atoms with Gasteiger partial charge in [-0.15, -0.1) is 0 Å². The van der Waals surface area contributed by atoms with E-state index in [0.29, 0.717) is 22.7 Å². The van der Waals surface area contributed by atoms with Crippen molar-refractivity contribution in [2.24, 2.45) is 0 Å². The fraction of sp³-hybridized carbons (Fsp3) is 0.241. The van der Waals surface area contributed by atoms with Crippen LogP contribution < -0.4 is 19.1 Å². The maximum atomic E-state index is 13.5. The standard InChI is InChI=1S/C29H27Cl2NO6/c1-15(2)16-6-9-19(10-7-16)32-25(17-8-11-22(36-3)23(14-17)37-4)24(27(34)29(32)35)26(33)18-12-20(30)28(38-5)21(31)13-18/h6-15,25,33H,1-5H3/b26-24+. The highest BCUT2D eigenvalue weighted by Gasteiger charge is 2.47. The zero-order valence-electron chi connectivity index (χ0n) is 21.5. The Balaban J connectivity index is 1.96. The first-order valence-corrected chi connectivity index (χ1v) is 12.5. The van der Waals surface area contributed by atoms with Crippen LogP contribution in [-0.4, -0.2) is 38.1 Å². The van der Waals surface area contributed by atoms with Crippen LogP contribution in [0, 0.1) is 0 Å². The number of carbonyl (C=O) groups is 2. The van der Waals surface area contributed by atoms with E-state index in [1.165, 1.54) is 38.4 Å². The Bertz CT molecular complexity index is 1410. The average Bonchev–Trinajstić information content (AvgIpc) is 3.17. The number of ether oxygens (including phenoxy) is 3. The molecule has 1 saturated heterocycles. The van der Waals surface area contributed by atoms with E-state index in [9.17, 15) is 14.7 Å². The second-order valence-electron chi connectivity index (χ2n) is 9.00. The summed E-state index contributed by atoms with van der Waals surface area (Å²) in [5, 5.41) is 11.7. The minimum Gasteiger partial charge on any atom is -0.507 e. The van der Waals surface area contributed by atoms with E-state index in [2.05, 4.69) is 13.8 Å². The number of ketones is 1. The van der Waals surface area contributed by atoms with Crippen LogP contribution in [0.5, 0.6) is 17.2 Å². The van der Waals surface area contributed by atoms with Gasteiger partial charge in [0.1, 0.15) is 5.76 Å². The van der Waals surface area contributed by atoms with Crippen molar-refractivity contribution in [3.8, 4) is 17.2 Å². The number of anilines is 1. The maximum Gasteiger partial charge on any atom is 0.300 e. The summed E-state index contributed by atoms with van der Waals surface area (Å²) >= 11 is 12.6. The zero-order chi connectivity index (χ0) is 27.7. The second-order valence-corrected chi connectivity index (χ2v) is 9.82. The number of hydrogen-bond acceptors (Lipinski definition) is 6. The zero-order valence-corrected chi connectivity index (χ0v) is 23.1. The van der Waals surface area contributed by atoms with Gasteiger partial charge in [-0.3, -0.25) is 14.5 Å². The Morgan fingerprint density at radius 3 is 2.00 bits per heavy atom. The van der Waals surface area contributed by atoms with Gasteiger partial charge in [0.2, 0.25) is 0 Å². The number of Topliss-reactive ketones (excluding diaryl/α,β-unsaturated/α-hetero) is 1.